The first-order chi connectivity index (χ1) is 12.5. The highest BCUT2D eigenvalue weighted by molar-refractivity contribution is 5.97. The van der Waals surface area contributed by atoms with Gasteiger partial charge in [0.2, 0.25) is 5.91 Å². The molecule has 0 atom stereocenters. The molecule has 142 valence electrons. The molecule has 2 aliphatic heterocycles. The van der Waals surface area contributed by atoms with Crippen molar-refractivity contribution in [1.29, 1.82) is 0 Å². The molecule has 0 radical (unpaired) electrons. The highest BCUT2D eigenvalue weighted by Crippen LogP contribution is 2.31. The Hall–Kier alpha value is -2.08. The zero-order valence-corrected chi connectivity index (χ0v) is 15.7. The van der Waals surface area contributed by atoms with Gasteiger partial charge in [-0.15, -0.1) is 0 Å². The average molecular weight is 359 g/mol. The molecule has 1 saturated heterocycles. The lowest BCUT2D eigenvalue weighted by Gasteiger charge is -2.34. The van der Waals surface area contributed by atoms with Crippen LogP contribution in [0, 0.1) is 5.92 Å². The molecule has 26 heavy (non-hydrogen) atoms. The summed E-state index contributed by atoms with van der Waals surface area (Å²) >= 11 is 0. The summed E-state index contributed by atoms with van der Waals surface area (Å²) in [5.74, 6) is 1.00. The van der Waals surface area contributed by atoms with Crippen molar-refractivity contribution in [2.45, 2.75) is 39.2 Å². The Balaban J connectivity index is 1.42. The summed E-state index contributed by atoms with van der Waals surface area (Å²) in [4.78, 5) is 28.3. The molecule has 3 rings (SSSR count). The highest BCUT2D eigenvalue weighted by Gasteiger charge is 2.25. The van der Waals surface area contributed by atoms with Crippen LogP contribution in [0.5, 0.6) is 5.75 Å². The second kappa shape index (κ2) is 8.54. The Bertz CT molecular complexity index is 639. The monoisotopic (exact) mass is 359 g/mol. The number of nitrogens with one attached hydrogen (secondary N) is 1. The summed E-state index contributed by atoms with van der Waals surface area (Å²) in [7, 11) is 0. The molecule has 1 N–H and O–H groups in total. The molecule has 1 aromatic carbocycles. The van der Waals surface area contributed by atoms with E-state index >= 15 is 0 Å². The van der Waals surface area contributed by atoms with Crippen LogP contribution in [-0.2, 0) is 9.59 Å². The van der Waals surface area contributed by atoms with Crippen molar-refractivity contribution in [3.05, 3.63) is 24.3 Å². The quantitative estimate of drug-likeness (QED) is 0.844. The number of amides is 2. The van der Waals surface area contributed by atoms with Gasteiger partial charge in [-0.2, -0.15) is 0 Å². The van der Waals surface area contributed by atoms with Crippen molar-refractivity contribution in [1.82, 2.24) is 10.2 Å². The number of ether oxygens (including phenoxy) is 1. The van der Waals surface area contributed by atoms with Gasteiger partial charge in [0.1, 0.15) is 5.75 Å². The molecular formula is C20H29N3O3. The van der Waals surface area contributed by atoms with Crippen LogP contribution in [0.2, 0.25) is 0 Å². The minimum atomic E-state index is 0.0267. The largest absolute Gasteiger partial charge is 0.482 e. The van der Waals surface area contributed by atoms with Gasteiger partial charge in [-0.05, 0) is 37.9 Å². The number of hydrogen-bond acceptors (Lipinski definition) is 4. The molecule has 6 heteroatoms. The summed E-state index contributed by atoms with van der Waals surface area (Å²) in [6.07, 6.45) is 2.93. The number of hydrogen-bond donors (Lipinski definition) is 1. The van der Waals surface area contributed by atoms with Crippen LogP contribution < -0.4 is 15.0 Å². The number of fused-ring (bicyclic) bond motifs is 1. The van der Waals surface area contributed by atoms with Crippen LogP contribution in [0.1, 0.15) is 33.1 Å². The van der Waals surface area contributed by atoms with Crippen molar-refractivity contribution in [3.63, 3.8) is 0 Å². The highest BCUT2D eigenvalue weighted by atomic mass is 16.5. The van der Waals surface area contributed by atoms with Crippen LogP contribution in [0.3, 0.4) is 0 Å². The fraction of sp³-hybridized carbons (Fsp3) is 0.600. The van der Waals surface area contributed by atoms with E-state index in [2.05, 4.69) is 10.2 Å². The standard InChI is InChI=1S/C20H29N3O3/c1-15(2)20(25)21-16-8-12-22(13-9-16)10-5-11-23-17-6-3-4-7-18(17)26-14-19(23)24/h3-4,6-7,15-16H,5,8-14H2,1-2H3,(H,21,25). The fourth-order valence-corrected chi connectivity index (χ4v) is 3.52. The summed E-state index contributed by atoms with van der Waals surface area (Å²) in [5.41, 5.74) is 0.874. The molecule has 0 saturated carbocycles. The van der Waals surface area contributed by atoms with Crippen LogP contribution in [0.4, 0.5) is 5.69 Å². The lowest BCUT2D eigenvalue weighted by Crippen LogP contribution is -2.46. The van der Waals surface area contributed by atoms with Gasteiger partial charge in [-0.1, -0.05) is 26.0 Å². The van der Waals surface area contributed by atoms with Gasteiger partial charge in [0, 0.05) is 31.6 Å². The van der Waals surface area contributed by atoms with E-state index in [9.17, 15) is 9.59 Å². The Morgan fingerprint density at radius 1 is 1.23 bits per heavy atom. The number of piperidine rings is 1. The predicted octanol–water partition coefficient (Wildman–Crippen LogP) is 2.04. The first-order valence-electron chi connectivity index (χ1n) is 9.59. The maximum Gasteiger partial charge on any atom is 0.265 e. The number of carbonyl (C=O) groups is 2. The average Bonchev–Trinajstić information content (AvgIpc) is 2.65. The van der Waals surface area contributed by atoms with E-state index in [0.717, 1.165) is 50.3 Å². The number of likely N-dealkylation sites (tertiary alicyclic amines) is 1. The number of para-hydroxylation sites is 2. The van der Waals surface area contributed by atoms with E-state index in [1.54, 1.807) is 0 Å². The second-order valence-electron chi connectivity index (χ2n) is 7.43. The first kappa shape index (κ1) is 18.7. The number of carbonyl (C=O) groups excluding carboxylic acids is 2. The Morgan fingerprint density at radius 2 is 1.96 bits per heavy atom. The van der Waals surface area contributed by atoms with Crippen molar-refractivity contribution in [2.75, 3.05) is 37.7 Å². The number of nitrogens with zero attached hydrogens (tertiary/aromatic N) is 2. The lowest BCUT2D eigenvalue weighted by atomic mass is 10.0. The molecule has 0 aliphatic carbocycles. The van der Waals surface area contributed by atoms with Gasteiger partial charge in [0.15, 0.2) is 6.61 Å². The van der Waals surface area contributed by atoms with Gasteiger partial charge in [-0.3, -0.25) is 9.59 Å². The van der Waals surface area contributed by atoms with Crippen LogP contribution in [-0.4, -0.2) is 55.5 Å². The zero-order valence-electron chi connectivity index (χ0n) is 15.7. The van der Waals surface area contributed by atoms with E-state index in [1.807, 2.05) is 43.0 Å². The van der Waals surface area contributed by atoms with E-state index in [4.69, 9.17) is 4.74 Å². The van der Waals surface area contributed by atoms with Crippen LogP contribution in [0.15, 0.2) is 24.3 Å². The SMILES string of the molecule is CC(C)C(=O)NC1CCN(CCCN2C(=O)COc3ccccc32)CC1. The van der Waals surface area contributed by atoms with Gasteiger partial charge in [-0.25, -0.2) is 0 Å². The summed E-state index contributed by atoms with van der Waals surface area (Å²) in [5, 5.41) is 3.13. The van der Waals surface area contributed by atoms with Crippen molar-refractivity contribution in [2.24, 2.45) is 5.92 Å². The van der Waals surface area contributed by atoms with E-state index < -0.39 is 0 Å². The van der Waals surface area contributed by atoms with Gasteiger partial charge >= 0.3 is 0 Å². The molecular weight excluding hydrogens is 330 g/mol. The molecule has 6 nitrogen and oxygen atoms in total. The molecule has 2 heterocycles. The third kappa shape index (κ3) is 4.55. The Kier molecular flexibility index (Phi) is 6.14. The molecule has 0 unspecified atom stereocenters. The minimum Gasteiger partial charge on any atom is -0.482 e. The van der Waals surface area contributed by atoms with Crippen molar-refractivity contribution >= 4 is 17.5 Å². The number of anilines is 1. The Labute approximate surface area is 155 Å². The summed E-state index contributed by atoms with van der Waals surface area (Å²) in [6, 6.07) is 8.01. The molecule has 1 fully saturated rings. The molecule has 0 spiro atoms. The maximum absolute atomic E-state index is 12.2. The minimum absolute atomic E-state index is 0.0267. The lowest BCUT2D eigenvalue weighted by molar-refractivity contribution is -0.125. The molecule has 1 aromatic rings. The summed E-state index contributed by atoms with van der Waals surface area (Å²) in [6.45, 7) is 7.65. The van der Waals surface area contributed by atoms with Crippen LogP contribution in [0.25, 0.3) is 0 Å². The first-order valence-corrected chi connectivity index (χ1v) is 9.59. The van der Waals surface area contributed by atoms with E-state index in [-0.39, 0.29) is 24.3 Å². The van der Waals surface area contributed by atoms with Gasteiger partial charge in [0.05, 0.1) is 5.69 Å². The molecule has 2 aliphatic rings. The second-order valence-corrected chi connectivity index (χ2v) is 7.43. The third-order valence-corrected chi connectivity index (χ3v) is 5.12. The predicted molar refractivity (Wildman–Crippen MR) is 101 cm³/mol. The topological polar surface area (TPSA) is 61.9 Å². The number of benzene rings is 1. The zero-order chi connectivity index (χ0) is 18.5. The van der Waals surface area contributed by atoms with Crippen molar-refractivity contribution in [3.8, 4) is 5.75 Å². The molecule has 0 bridgehead atoms. The smallest absolute Gasteiger partial charge is 0.265 e. The Morgan fingerprint density at radius 3 is 2.69 bits per heavy atom. The van der Waals surface area contributed by atoms with E-state index in [1.165, 1.54) is 0 Å². The molecule has 0 aromatic heterocycles. The van der Waals surface area contributed by atoms with Crippen molar-refractivity contribution < 1.29 is 14.3 Å². The van der Waals surface area contributed by atoms with Crippen LogP contribution >= 0.6 is 0 Å². The van der Waals surface area contributed by atoms with Gasteiger partial charge in [0.25, 0.3) is 5.91 Å². The summed E-state index contributed by atoms with van der Waals surface area (Å²) < 4.78 is 5.49. The maximum atomic E-state index is 12.2. The molecule has 2 amide bonds. The van der Waals surface area contributed by atoms with E-state index in [0.29, 0.717) is 12.6 Å². The van der Waals surface area contributed by atoms with Gasteiger partial charge < -0.3 is 19.9 Å². The normalized spacial score (nSPS) is 18.6. The number of rotatable bonds is 6. The third-order valence-electron chi connectivity index (χ3n) is 5.12. The fourth-order valence-electron chi connectivity index (χ4n) is 3.52.